The van der Waals surface area contributed by atoms with E-state index in [1.807, 2.05) is 30.3 Å². The molecule has 0 aromatic heterocycles. The minimum Gasteiger partial charge on any atom is -0.324 e. The van der Waals surface area contributed by atoms with Crippen LogP contribution in [-0.2, 0) is 11.2 Å². The third-order valence-corrected chi connectivity index (χ3v) is 5.01. The summed E-state index contributed by atoms with van der Waals surface area (Å²) in [6.07, 6.45) is 5.64. The minimum atomic E-state index is -1.01. The van der Waals surface area contributed by atoms with Gasteiger partial charge in [0.25, 0.3) is 11.8 Å². The smallest absolute Gasteiger partial charge is 0.262 e. The van der Waals surface area contributed by atoms with Crippen LogP contribution in [0.2, 0.25) is 0 Å². The summed E-state index contributed by atoms with van der Waals surface area (Å²) < 4.78 is 0. The van der Waals surface area contributed by atoms with Crippen molar-refractivity contribution in [2.45, 2.75) is 12.5 Å². The van der Waals surface area contributed by atoms with Gasteiger partial charge in [-0.05, 0) is 35.9 Å². The van der Waals surface area contributed by atoms with E-state index in [0.717, 1.165) is 10.5 Å². The summed E-state index contributed by atoms with van der Waals surface area (Å²) in [5.74, 6) is 1.13. The van der Waals surface area contributed by atoms with Crippen LogP contribution in [0.15, 0.2) is 78.9 Å². The summed E-state index contributed by atoms with van der Waals surface area (Å²) in [5.41, 5.74) is 2.58. The quantitative estimate of drug-likeness (QED) is 0.532. The number of carbonyl (C=O) groups is 3. The summed E-state index contributed by atoms with van der Waals surface area (Å²) in [7, 11) is 0. The third kappa shape index (κ3) is 3.59. The highest BCUT2D eigenvalue weighted by Crippen LogP contribution is 2.26. The molecule has 1 aliphatic rings. The van der Waals surface area contributed by atoms with Gasteiger partial charge in [-0.15, -0.1) is 6.42 Å². The number of carbonyl (C=O) groups excluding carboxylic acids is 3. The summed E-state index contributed by atoms with van der Waals surface area (Å²) >= 11 is 0. The number of anilines is 1. The van der Waals surface area contributed by atoms with Crippen LogP contribution >= 0.6 is 0 Å². The van der Waals surface area contributed by atoms with Gasteiger partial charge in [-0.3, -0.25) is 19.3 Å². The number of hydrogen-bond donors (Lipinski definition) is 1. The lowest BCUT2D eigenvalue weighted by molar-refractivity contribution is -0.119. The molecule has 1 aliphatic heterocycles. The molecule has 0 fully saturated rings. The van der Waals surface area contributed by atoms with Crippen LogP contribution in [0, 0.1) is 12.3 Å². The largest absolute Gasteiger partial charge is 0.324 e. The fourth-order valence-corrected chi connectivity index (χ4v) is 3.54. The number of hydrogen-bond acceptors (Lipinski definition) is 3. The van der Waals surface area contributed by atoms with Crippen molar-refractivity contribution >= 4 is 23.4 Å². The van der Waals surface area contributed by atoms with Crippen molar-refractivity contribution in [3.05, 3.63) is 101 Å². The zero-order chi connectivity index (χ0) is 21.1. The molecule has 1 unspecified atom stereocenters. The van der Waals surface area contributed by atoms with E-state index in [0.29, 0.717) is 22.4 Å². The summed E-state index contributed by atoms with van der Waals surface area (Å²) in [6.45, 7) is 0. The van der Waals surface area contributed by atoms with Crippen molar-refractivity contribution in [1.29, 1.82) is 0 Å². The van der Waals surface area contributed by atoms with E-state index in [2.05, 4.69) is 11.2 Å². The number of fused-ring (bicyclic) bond motifs is 1. The standard InChI is InChI=1S/C25H18N2O3/c1-2-17-11-8-12-19(15-17)26-23(28)22(16-18-9-4-3-5-10-18)27-24(29)20-13-6-7-14-21(20)25(27)30/h1,3-15,22H,16H2,(H,26,28). The summed E-state index contributed by atoms with van der Waals surface area (Å²) in [5, 5.41) is 2.80. The van der Waals surface area contributed by atoms with Gasteiger partial charge in [0.05, 0.1) is 11.1 Å². The van der Waals surface area contributed by atoms with Gasteiger partial charge in [-0.1, -0.05) is 54.5 Å². The van der Waals surface area contributed by atoms with Crippen LogP contribution < -0.4 is 5.32 Å². The lowest BCUT2D eigenvalue weighted by Crippen LogP contribution is -2.48. The van der Waals surface area contributed by atoms with Gasteiger partial charge < -0.3 is 5.32 Å². The number of imide groups is 1. The predicted octanol–water partition coefficient (Wildman–Crippen LogP) is 3.51. The van der Waals surface area contributed by atoms with Crippen molar-refractivity contribution in [2.24, 2.45) is 0 Å². The third-order valence-electron chi connectivity index (χ3n) is 5.01. The molecule has 0 saturated heterocycles. The molecule has 1 atom stereocenters. The Hall–Kier alpha value is -4.17. The first-order chi connectivity index (χ1) is 14.6. The molecule has 4 rings (SSSR count). The Morgan fingerprint density at radius 2 is 1.53 bits per heavy atom. The van der Waals surface area contributed by atoms with Gasteiger partial charge in [-0.25, -0.2) is 0 Å². The van der Waals surface area contributed by atoms with Crippen LogP contribution in [0.5, 0.6) is 0 Å². The van der Waals surface area contributed by atoms with Gasteiger partial charge in [0.2, 0.25) is 5.91 Å². The number of rotatable bonds is 5. The first-order valence-corrected chi connectivity index (χ1v) is 9.47. The van der Waals surface area contributed by atoms with Crippen LogP contribution in [-0.4, -0.2) is 28.7 Å². The lowest BCUT2D eigenvalue weighted by atomic mass is 10.0. The van der Waals surface area contributed by atoms with E-state index in [1.165, 1.54) is 0 Å². The average Bonchev–Trinajstić information content (AvgIpc) is 3.03. The fraction of sp³-hybridized carbons (Fsp3) is 0.0800. The molecule has 0 bridgehead atoms. The van der Waals surface area contributed by atoms with Crippen molar-refractivity contribution < 1.29 is 14.4 Å². The molecular weight excluding hydrogens is 376 g/mol. The van der Waals surface area contributed by atoms with E-state index in [-0.39, 0.29) is 6.42 Å². The monoisotopic (exact) mass is 394 g/mol. The number of benzene rings is 3. The number of amides is 3. The van der Waals surface area contributed by atoms with Crippen LogP contribution in [0.25, 0.3) is 0 Å². The van der Waals surface area contributed by atoms with Crippen LogP contribution in [0.3, 0.4) is 0 Å². The highest BCUT2D eigenvalue weighted by Gasteiger charge is 2.42. The molecule has 3 aromatic rings. The average molecular weight is 394 g/mol. The minimum absolute atomic E-state index is 0.201. The molecular formula is C25H18N2O3. The molecule has 0 radical (unpaired) electrons. The van der Waals surface area contributed by atoms with Crippen molar-refractivity contribution in [1.82, 2.24) is 4.90 Å². The Morgan fingerprint density at radius 3 is 2.17 bits per heavy atom. The Balaban J connectivity index is 1.68. The Labute approximate surface area is 174 Å². The maximum Gasteiger partial charge on any atom is 0.262 e. The zero-order valence-corrected chi connectivity index (χ0v) is 16.0. The molecule has 1 N–H and O–H groups in total. The topological polar surface area (TPSA) is 66.5 Å². The molecule has 5 nitrogen and oxygen atoms in total. The second-order valence-corrected chi connectivity index (χ2v) is 6.95. The predicted molar refractivity (Wildman–Crippen MR) is 114 cm³/mol. The molecule has 0 saturated carbocycles. The summed E-state index contributed by atoms with van der Waals surface area (Å²) in [6, 6.07) is 21.7. The SMILES string of the molecule is C#Cc1cccc(NC(=O)C(Cc2ccccc2)N2C(=O)c3ccccc3C2=O)c1. The van der Waals surface area contributed by atoms with Crippen LogP contribution in [0.1, 0.15) is 31.8 Å². The second-order valence-electron chi connectivity index (χ2n) is 6.95. The number of nitrogens with zero attached hydrogens (tertiary/aromatic N) is 1. The van der Waals surface area contributed by atoms with Gasteiger partial charge in [0.15, 0.2) is 0 Å². The maximum absolute atomic E-state index is 13.2. The van der Waals surface area contributed by atoms with Crippen molar-refractivity contribution in [2.75, 3.05) is 5.32 Å². The first kappa shape index (κ1) is 19.2. The number of nitrogens with one attached hydrogen (secondary N) is 1. The molecule has 3 amide bonds. The van der Waals surface area contributed by atoms with Crippen molar-refractivity contribution in [3.63, 3.8) is 0 Å². The van der Waals surface area contributed by atoms with Crippen molar-refractivity contribution in [3.8, 4) is 12.3 Å². The molecule has 5 heteroatoms. The Kier molecular flexibility index (Phi) is 5.15. The normalized spacial score (nSPS) is 13.5. The van der Waals surface area contributed by atoms with E-state index in [1.54, 1.807) is 48.5 Å². The number of terminal acetylenes is 1. The Morgan fingerprint density at radius 1 is 0.900 bits per heavy atom. The molecule has 0 aliphatic carbocycles. The van der Waals surface area contributed by atoms with Gasteiger partial charge in [-0.2, -0.15) is 0 Å². The highest BCUT2D eigenvalue weighted by molar-refractivity contribution is 6.23. The van der Waals surface area contributed by atoms with E-state index >= 15 is 0 Å². The zero-order valence-electron chi connectivity index (χ0n) is 16.0. The van der Waals surface area contributed by atoms with Gasteiger partial charge >= 0.3 is 0 Å². The maximum atomic E-state index is 13.2. The molecule has 30 heavy (non-hydrogen) atoms. The first-order valence-electron chi connectivity index (χ1n) is 9.47. The molecule has 3 aromatic carbocycles. The van der Waals surface area contributed by atoms with E-state index in [4.69, 9.17) is 6.42 Å². The van der Waals surface area contributed by atoms with E-state index < -0.39 is 23.8 Å². The van der Waals surface area contributed by atoms with Gasteiger partial charge in [0.1, 0.15) is 6.04 Å². The van der Waals surface area contributed by atoms with Gasteiger partial charge in [0, 0.05) is 17.7 Å². The fourth-order valence-electron chi connectivity index (χ4n) is 3.54. The molecule has 0 spiro atoms. The molecule has 1 heterocycles. The molecule has 146 valence electrons. The van der Waals surface area contributed by atoms with Crippen LogP contribution in [0.4, 0.5) is 5.69 Å². The lowest BCUT2D eigenvalue weighted by Gasteiger charge is -2.25. The highest BCUT2D eigenvalue weighted by atomic mass is 16.2. The van der Waals surface area contributed by atoms with E-state index in [9.17, 15) is 14.4 Å². The second kappa shape index (κ2) is 8.06. The summed E-state index contributed by atoms with van der Waals surface area (Å²) in [4.78, 5) is 40.3. The Bertz CT molecular complexity index is 1140.